The minimum Gasteiger partial charge on any atom is -0.333 e. The number of anilines is 1. The van der Waals surface area contributed by atoms with Crippen molar-refractivity contribution in [2.75, 3.05) is 38.1 Å². The molecule has 0 spiro atoms. The van der Waals surface area contributed by atoms with Gasteiger partial charge in [-0.15, -0.1) is 0 Å². The normalized spacial score (nSPS) is 29.7. The molecule has 2 aliphatic rings. The molecule has 2 aliphatic heterocycles. The van der Waals surface area contributed by atoms with E-state index in [0.29, 0.717) is 12.1 Å². The van der Waals surface area contributed by atoms with E-state index in [1.54, 1.807) is 0 Å². The summed E-state index contributed by atoms with van der Waals surface area (Å²) >= 11 is 0. The van der Waals surface area contributed by atoms with Crippen molar-refractivity contribution in [1.29, 1.82) is 0 Å². The molecule has 1 aromatic rings. The fourth-order valence-corrected chi connectivity index (χ4v) is 3.51. The molecule has 0 aliphatic carbocycles. The van der Waals surface area contributed by atoms with Crippen LogP contribution in [0.25, 0.3) is 0 Å². The van der Waals surface area contributed by atoms with Crippen molar-refractivity contribution in [3.05, 3.63) is 29.8 Å². The van der Waals surface area contributed by atoms with Crippen molar-refractivity contribution < 1.29 is 19.4 Å². The van der Waals surface area contributed by atoms with Crippen LogP contribution in [0.15, 0.2) is 24.3 Å². The Morgan fingerprint density at radius 2 is 1.77 bits per heavy atom. The minimum atomic E-state index is -0.195. The number of carbonyl (C=O) groups excluding carboxylic acids is 2. The van der Waals surface area contributed by atoms with Crippen LogP contribution in [0.2, 0.25) is 0 Å². The van der Waals surface area contributed by atoms with Gasteiger partial charge < -0.3 is 9.80 Å². The van der Waals surface area contributed by atoms with Crippen LogP contribution in [-0.2, 0) is 9.59 Å². The molecule has 0 saturated carbocycles. The molecule has 118 valence electrons. The number of imide groups is 1. The number of likely N-dealkylation sites (N-methyl/N-ethyl adjacent to an activating group) is 1. The molecule has 3 rings (SSSR count). The molecule has 22 heavy (non-hydrogen) atoms. The maximum Gasteiger partial charge on any atom is 0.292 e. The summed E-state index contributed by atoms with van der Waals surface area (Å²) in [5, 5.41) is 0. The van der Waals surface area contributed by atoms with Crippen molar-refractivity contribution in [3.63, 3.8) is 0 Å². The second-order valence-corrected chi connectivity index (χ2v) is 6.63. The third kappa shape index (κ3) is 2.91. The summed E-state index contributed by atoms with van der Waals surface area (Å²) < 4.78 is 0. The van der Waals surface area contributed by atoms with Crippen molar-refractivity contribution in [2.24, 2.45) is 0 Å². The summed E-state index contributed by atoms with van der Waals surface area (Å²) in [6.45, 7) is 6.18. The summed E-state index contributed by atoms with van der Waals surface area (Å²) in [5.41, 5.74) is 1.84. The van der Waals surface area contributed by atoms with Crippen LogP contribution >= 0.6 is 0 Å². The highest BCUT2D eigenvalue weighted by Gasteiger charge is 2.46. The summed E-state index contributed by atoms with van der Waals surface area (Å²) in [6, 6.07) is 7.42. The molecule has 3 atom stereocenters. The predicted octanol–water partition coefficient (Wildman–Crippen LogP) is -1.57. The average molecular weight is 303 g/mol. The SMILES string of the molecule is Cc1ccc(N2C(=O)C[C@@H]([NH+]3CCC[NH+](C)CC3)C2=O)cc1. The number of hydrogen-bond donors (Lipinski definition) is 2. The molecule has 5 nitrogen and oxygen atoms in total. The van der Waals surface area contributed by atoms with Gasteiger partial charge in [-0.2, -0.15) is 0 Å². The molecule has 2 heterocycles. The van der Waals surface area contributed by atoms with Crippen molar-refractivity contribution in [2.45, 2.75) is 25.8 Å². The molecule has 2 amide bonds. The quantitative estimate of drug-likeness (QED) is 0.649. The Bertz CT molecular complexity index is 570. The molecular formula is C17H25N3O2+2. The Morgan fingerprint density at radius 3 is 2.50 bits per heavy atom. The number of quaternary nitrogens is 2. The van der Waals surface area contributed by atoms with Gasteiger partial charge in [-0.25, -0.2) is 4.90 Å². The van der Waals surface area contributed by atoms with E-state index in [1.807, 2.05) is 31.2 Å². The fraction of sp³-hybridized carbons (Fsp3) is 0.529. The second kappa shape index (κ2) is 6.18. The van der Waals surface area contributed by atoms with Gasteiger partial charge in [0.2, 0.25) is 5.91 Å². The lowest BCUT2D eigenvalue weighted by Gasteiger charge is -2.22. The smallest absolute Gasteiger partial charge is 0.292 e. The number of carbonyl (C=O) groups is 2. The van der Waals surface area contributed by atoms with E-state index >= 15 is 0 Å². The molecule has 2 unspecified atom stereocenters. The molecule has 2 saturated heterocycles. The van der Waals surface area contributed by atoms with E-state index in [-0.39, 0.29) is 17.9 Å². The second-order valence-electron chi connectivity index (χ2n) is 6.63. The van der Waals surface area contributed by atoms with Crippen molar-refractivity contribution >= 4 is 17.5 Å². The average Bonchev–Trinajstić information content (AvgIpc) is 2.66. The third-order valence-corrected chi connectivity index (χ3v) is 4.91. The zero-order chi connectivity index (χ0) is 15.7. The monoisotopic (exact) mass is 303 g/mol. The highest BCUT2D eigenvalue weighted by atomic mass is 16.2. The first-order chi connectivity index (χ1) is 10.6. The van der Waals surface area contributed by atoms with Crippen LogP contribution in [-0.4, -0.2) is 51.1 Å². The molecule has 0 radical (unpaired) electrons. The molecule has 2 fully saturated rings. The number of benzene rings is 1. The number of rotatable bonds is 2. The molecule has 5 heteroatoms. The predicted molar refractivity (Wildman–Crippen MR) is 84.0 cm³/mol. The molecule has 0 bridgehead atoms. The van der Waals surface area contributed by atoms with Crippen LogP contribution < -0.4 is 14.7 Å². The lowest BCUT2D eigenvalue weighted by Crippen LogP contribution is -3.19. The number of aryl methyl sites for hydroxylation is 1. The number of nitrogens with zero attached hydrogens (tertiary/aromatic N) is 1. The Morgan fingerprint density at radius 1 is 1.05 bits per heavy atom. The maximum absolute atomic E-state index is 12.8. The van der Waals surface area contributed by atoms with Gasteiger partial charge in [-0.3, -0.25) is 9.59 Å². The molecule has 1 aromatic carbocycles. The summed E-state index contributed by atoms with van der Waals surface area (Å²) in [6.07, 6.45) is 1.46. The van der Waals surface area contributed by atoms with Crippen LogP contribution in [0.1, 0.15) is 18.4 Å². The van der Waals surface area contributed by atoms with Crippen LogP contribution in [0.5, 0.6) is 0 Å². The third-order valence-electron chi connectivity index (χ3n) is 4.91. The lowest BCUT2D eigenvalue weighted by atomic mass is 10.2. The first-order valence-electron chi connectivity index (χ1n) is 8.15. The highest BCUT2D eigenvalue weighted by Crippen LogP contribution is 2.22. The maximum atomic E-state index is 12.8. The van der Waals surface area contributed by atoms with Crippen molar-refractivity contribution in [3.8, 4) is 0 Å². The van der Waals surface area contributed by atoms with Gasteiger partial charge >= 0.3 is 0 Å². The minimum absolute atomic E-state index is 0.0246. The topological polar surface area (TPSA) is 46.3 Å². The highest BCUT2D eigenvalue weighted by molar-refractivity contribution is 6.21. The van der Waals surface area contributed by atoms with E-state index in [0.717, 1.165) is 38.2 Å². The molecule has 2 N–H and O–H groups in total. The summed E-state index contributed by atoms with van der Waals surface area (Å²) in [7, 11) is 2.20. The van der Waals surface area contributed by atoms with Gasteiger partial charge in [0.1, 0.15) is 13.1 Å². The largest absolute Gasteiger partial charge is 0.333 e. The van der Waals surface area contributed by atoms with E-state index in [4.69, 9.17) is 0 Å². The zero-order valence-electron chi connectivity index (χ0n) is 13.4. The van der Waals surface area contributed by atoms with Crippen LogP contribution in [0.3, 0.4) is 0 Å². The Labute approximate surface area is 131 Å². The van der Waals surface area contributed by atoms with Crippen molar-refractivity contribution in [1.82, 2.24) is 0 Å². The fourth-order valence-electron chi connectivity index (χ4n) is 3.51. The number of hydrogen-bond acceptors (Lipinski definition) is 2. The van der Waals surface area contributed by atoms with Gasteiger partial charge in [0.25, 0.3) is 5.91 Å². The zero-order valence-corrected chi connectivity index (χ0v) is 13.4. The van der Waals surface area contributed by atoms with Gasteiger partial charge in [0.05, 0.1) is 32.2 Å². The standard InChI is InChI=1S/C17H23N3O2/c1-13-4-6-14(7-5-13)20-16(21)12-15(17(20)22)19-9-3-8-18(2)10-11-19/h4-7,15H,3,8-12H2,1-2H3/p+2/t15-/m1/s1. The first kappa shape index (κ1) is 15.2. The van der Waals surface area contributed by atoms with Gasteiger partial charge in [-0.1, -0.05) is 17.7 Å². The first-order valence-corrected chi connectivity index (χ1v) is 8.15. The van der Waals surface area contributed by atoms with Crippen LogP contribution in [0.4, 0.5) is 5.69 Å². The Kier molecular flexibility index (Phi) is 4.27. The molecular weight excluding hydrogens is 278 g/mol. The van der Waals surface area contributed by atoms with Crippen LogP contribution in [0, 0.1) is 6.92 Å². The van der Waals surface area contributed by atoms with Gasteiger partial charge in [0, 0.05) is 6.42 Å². The molecule has 0 aromatic heterocycles. The van der Waals surface area contributed by atoms with Gasteiger partial charge in [0.15, 0.2) is 6.04 Å². The Balaban J connectivity index is 1.77. The Hall–Kier alpha value is -1.72. The van der Waals surface area contributed by atoms with Gasteiger partial charge in [-0.05, 0) is 19.1 Å². The van der Waals surface area contributed by atoms with E-state index in [1.165, 1.54) is 14.7 Å². The van der Waals surface area contributed by atoms with E-state index < -0.39 is 0 Å². The van der Waals surface area contributed by atoms with E-state index in [2.05, 4.69) is 7.05 Å². The number of nitrogens with one attached hydrogen (secondary N) is 2. The summed E-state index contributed by atoms with van der Waals surface area (Å²) in [4.78, 5) is 29.3. The number of amides is 2. The summed E-state index contributed by atoms with van der Waals surface area (Å²) in [5.74, 6) is -0.0836. The lowest BCUT2D eigenvalue weighted by molar-refractivity contribution is -0.939. The van der Waals surface area contributed by atoms with E-state index in [9.17, 15) is 9.59 Å².